The summed E-state index contributed by atoms with van der Waals surface area (Å²) < 4.78 is 0. The van der Waals surface area contributed by atoms with Gasteiger partial charge in [-0.15, -0.1) is 0 Å². The molecule has 0 aliphatic carbocycles. The van der Waals surface area contributed by atoms with E-state index in [1.54, 1.807) is 54.6 Å². The van der Waals surface area contributed by atoms with Gasteiger partial charge in [-0.2, -0.15) is 12.6 Å². The molecule has 3 aromatic rings. The fourth-order valence-corrected chi connectivity index (χ4v) is 12.1. The highest BCUT2D eigenvalue weighted by Gasteiger charge is 2.40. The zero-order valence-electron chi connectivity index (χ0n) is 68.8. The highest BCUT2D eigenvalue weighted by Crippen LogP contribution is 2.21. The fourth-order valence-electron chi connectivity index (χ4n) is 11.9. The highest BCUT2D eigenvalue weighted by molar-refractivity contribution is 7.80. The summed E-state index contributed by atoms with van der Waals surface area (Å²) in [6.07, 6.45) is -6.34. The van der Waals surface area contributed by atoms with E-state index in [1.807, 2.05) is 0 Å². The number of carboxylic acids is 2. The number of primary amides is 4. The second-order valence-corrected chi connectivity index (χ2v) is 29.9. The standard InChI is InChI=1S/C75H113N23O25S/c1-33(2)57(97-72(120)58(34(3)4)96-69(117)50(31-100)94-66(114)47(27-55(80)105)92-65(113)46(26-38-29-84-41-16-11-10-15-39(38)41)91-67(115)48(28-56(106)107)90-61(109)40(76)25-37-13-8-7-9-14-37)71(119)95-51(32-124)70(118)87-42(18-21-52(77)102)62(110)86-43(19-22-53(78)103)64(112)93-49(30-99)68(116)85-35(5)60(108)98-59(36(6)101)73(121)88-44(20-23-54(79)104)63(111)89-45(74(122)123)17-12-24-83-75(81)82/h7-11,13-16,29,33-36,40,42-51,57-59,84,99-101,124H,12,17-28,30-32,76H2,1-6H3,(H2,77,102)(H2,78,103)(H2,79,104)(H2,80,105)(H,85,116)(H,86,110)(H,87,118)(H,88,121)(H,89,111)(H,90,109)(H,91,115)(H,92,113)(H,93,112)(H,94,114)(H,95,119)(H,96,117)(H,97,120)(H,98,108)(H,106,107)(H,122,123)(H4,81,82,83)/t35-,36+,40-,42-,43-,44-,45-,46-,47-,48-,49-,50-,51-,57-,58-,59-/m0/s1. The highest BCUT2D eigenvalue weighted by atomic mass is 32.1. The van der Waals surface area contributed by atoms with Crippen molar-refractivity contribution in [2.24, 2.45) is 46.2 Å². The number of aliphatic carboxylic acids is 2. The number of thiol groups is 1. The molecule has 0 aliphatic rings. The zero-order chi connectivity index (χ0) is 93.5. The van der Waals surface area contributed by atoms with Crippen LogP contribution in [0.4, 0.5) is 0 Å². The molecule has 3 rings (SSSR count). The number of amides is 18. The number of guanidine groups is 1. The molecule has 684 valence electrons. The lowest BCUT2D eigenvalue weighted by Gasteiger charge is -2.30. The van der Waals surface area contributed by atoms with E-state index in [0.717, 1.165) is 13.8 Å². The molecule has 0 saturated carbocycles. The molecule has 34 N–H and O–H groups in total. The van der Waals surface area contributed by atoms with Gasteiger partial charge in [0.05, 0.1) is 38.2 Å². The van der Waals surface area contributed by atoms with E-state index >= 15 is 0 Å². The number of carbonyl (C=O) groups excluding carboxylic acids is 18. The predicted molar refractivity (Wildman–Crippen MR) is 440 cm³/mol. The third kappa shape index (κ3) is 36.3. The Kier molecular flexibility index (Phi) is 44.2. The molecule has 18 amide bonds. The van der Waals surface area contributed by atoms with Crippen molar-refractivity contribution in [3.63, 3.8) is 0 Å². The Morgan fingerprint density at radius 2 is 0.790 bits per heavy atom. The van der Waals surface area contributed by atoms with E-state index in [9.17, 15) is 121 Å². The predicted octanol–water partition coefficient (Wildman–Crippen LogP) is -10.8. The minimum atomic E-state index is -2.00. The second kappa shape index (κ2) is 52.2. The first-order valence-electron chi connectivity index (χ1n) is 39.0. The first-order chi connectivity index (χ1) is 58.2. The summed E-state index contributed by atoms with van der Waals surface area (Å²) in [5, 5.41) is 93.2. The summed E-state index contributed by atoms with van der Waals surface area (Å²) in [6.45, 7) is 5.49. The summed E-state index contributed by atoms with van der Waals surface area (Å²) >= 11 is 4.19. The van der Waals surface area contributed by atoms with Gasteiger partial charge in [-0.3, -0.25) is 96.5 Å². The Balaban J connectivity index is 1.81. The Bertz CT molecular complexity index is 4310. The minimum absolute atomic E-state index is 0.0179. The Morgan fingerprint density at radius 1 is 0.411 bits per heavy atom. The van der Waals surface area contributed by atoms with Crippen LogP contribution in [0.15, 0.2) is 60.8 Å². The summed E-state index contributed by atoms with van der Waals surface area (Å²) in [4.78, 5) is 271. The molecule has 0 radical (unpaired) electrons. The van der Waals surface area contributed by atoms with Crippen LogP contribution >= 0.6 is 12.6 Å². The molecule has 0 fully saturated rings. The van der Waals surface area contributed by atoms with Gasteiger partial charge < -0.3 is 145 Å². The number of fused-ring (bicyclic) bond motifs is 1. The third-order valence-corrected chi connectivity index (χ3v) is 19.1. The number of aliphatic hydroxyl groups excluding tert-OH is 3. The van der Waals surface area contributed by atoms with Gasteiger partial charge in [0.1, 0.15) is 84.6 Å². The number of carbonyl (C=O) groups is 20. The topological polar surface area (TPSA) is 819 Å². The van der Waals surface area contributed by atoms with Crippen LogP contribution in [0.3, 0.4) is 0 Å². The van der Waals surface area contributed by atoms with Crippen molar-refractivity contribution in [2.75, 3.05) is 25.5 Å². The SMILES string of the molecule is CC(C)[C@H](NC(=O)[C@H](CO)NC(=O)[C@H](CC(N)=O)NC(=O)[C@H](Cc1c[nH]c2ccccc12)NC(=O)[C@H](CC(=O)O)NC(=O)[C@@H](N)Cc1ccccc1)C(=O)N[C@H](C(=O)N[C@@H](CS)C(=O)N[C@@H](CCC(N)=O)C(=O)N[C@@H](CCC(N)=O)C(=O)N[C@@H](CO)C(=O)N[C@@H](C)C(=O)N[C@H](C(=O)N[C@@H](CCC(N)=O)C(=O)N[C@@H](CCCNC(=N)N)C(=O)O)[C@@H](C)O)C(C)C. The van der Waals surface area contributed by atoms with E-state index in [4.69, 9.17) is 39.8 Å². The van der Waals surface area contributed by atoms with Gasteiger partial charge in [0.25, 0.3) is 0 Å². The number of carboxylic acid groups (broad SMARTS) is 2. The molecule has 0 aliphatic heterocycles. The van der Waals surface area contributed by atoms with Gasteiger partial charge in [-0.1, -0.05) is 76.2 Å². The Labute approximate surface area is 715 Å². The molecule has 16 atom stereocenters. The first kappa shape index (κ1) is 105. The van der Waals surface area contributed by atoms with Gasteiger partial charge in [0.2, 0.25) is 106 Å². The molecule has 48 nitrogen and oxygen atoms in total. The van der Waals surface area contributed by atoms with E-state index in [2.05, 4.69) is 97.4 Å². The number of hydrogen-bond donors (Lipinski definition) is 29. The molecule has 1 heterocycles. The van der Waals surface area contributed by atoms with E-state index in [-0.39, 0.29) is 32.2 Å². The van der Waals surface area contributed by atoms with Crippen molar-refractivity contribution < 1.29 is 121 Å². The van der Waals surface area contributed by atoms with Gasteiger partial charge in [-0.05, 0) is 81.4 Å². The van der Waals surface area contributed by atoms with Crippen molar-refractivity contribution in [3.8, 4) is 0 Å². The number of benzene rings is 2. The van der Waals surface area contributed by atoms with Crippen molar-refractivity contribution in [2.45, 2.75) is 215 Å². The van der Waals surface area contributed by atoms with Crippen LogP contribution < -0.4 is 114 Å². The minimum Gasteiger partial charge on any atom is -0.481 e. The van der Waals surface area contributed by atoms with Gasteiger partial charge in [-0.25, -0.2) is 4.79 Å². The van der Waals surface area contributed by atoms with Crippen molar-refractivity contribution in [1.82, 2.24) is 84.7 Å². The van der Waals surface area contributed by atoms with Gasteiger partial charge in [0.15, 0.2) is 5.96 Å². The number of aliphatic hydroxyl groups is 3. The molecule has 49 heteroatoms. The van der Waals surface area contributed by atoms with Crippen LogP contribution in [-0.4, -0.2) is 277 Å². The largest absolute Gasteiger partial charge is 0.481 e. The van der Waals surface area contributed by atoms with Gasteiger partial charge >= 0.3 is 11.9 Å². The second-order valence-electron chi connectivity index (χ2n) is 29.5. The van der Waals surface area contributed by atoms with E-state index < -0.39 is 303 Å². The zero-order valence-corrected chi connectivity index (χ0v) is 69.7. The Hall–Kier alpha value is -13.2. The lowest BCUT2D eigenvalue weighted by molar-refractivity contribution is -0.143. The molecule has 2 aromatic carbocycles. The average molecular weight is 1770 g/mol. The number of nitrogens with two attached hydrogens (primary N) is 6. The van der Waals surface area contributed by atoms with Crippen LogP contribution in [0, 0.1) is 17.2 Å². The molecule has 0 saturated heterocycles. The molecular weight excluding hydrogens is 1660 g/mol. The van der Waals surface area contributed by atoms with E-state index in [0.29, 0.717) is 22.0 Å². The summed E-state index contributed by atoms with van der Waals surface area (Å²) in [7, 11) is 0. The smallest absolute Gasteiger partial charge is 0.326 e. The number of aromatic amines is 1. The fraction of sp³-hybridized carbons (Fsp3) is 0.533. The summed E-state index contributed by atoms with van der Waals surface area (Å²) in [6, 6.07) is -11.1. The number of H-pyrrole nitrogens is 1. The van der Waals surface area contributed by atoms with Crippen LogP contribution in [0.25, 0.3) is 10.9 Å². The van der Waals surface area contributed by atoms with Crippen molar-refractivity contribution >= 4 is 148 Å². The number of rotatable bonds is 56. The summed E-state index contributed by atoms with van der Waals surface area (Å²) in [5.41, 5.74) is 34.6. The summed E-state index contributed by atoms with van der Waals surface area (Å²) in [5.74, 6) is -26.6. The van der Waals surface area contributed by atoms with E-state index in [1.165, 1.54) is 33.9 Å². The van der Waals surface area contributed by atoms with Gasteiger partial charge in [0, 0.05) is 55.1 Å². The number of aromatic nitrogens is 1. The molecule has 124 heavy (non-hydrogen) atoms. The molecule has 1 aromatic heterocycles. The quantitative estimate of drug-likeness (QED) is 0.0108. The normalized spacial score (nSPS) is 15.0. The first-order valence-corrected chi connectivity index (χ1v) is 39.6. The van der Waals surface area contributed by atoms with Crippen molar-refractivity contribution in [3.05, 3.63) is 71.9 Å². The monoisotopic (exact) mass is 1770 g/mol. The lowest BCUT2D eigenvalue weighted by Crippen LogP contribution is -2.63. The molecule has 0 unspecified atom stereocenters. The number of hydrogen-bond acceptors (Lipinski definition) is 26. The molecular formula is C75H113N23O25S. The lowest BCUT2D eigenvalue weighted by atomic mass is 9.99. The average Bonchev–Trinajstić information content (AvgIpc) is 1.66. The van der Waals surface area contributed by atoms with Crippen molar-refractivity contribution in [1.29, 1.82) is 5.41 Å². The third-order valence-electron chi connectivity index (χ3n) is 18.7. The van der Waals surface area contributed by atoms with Crippen LogP contribution in [0.2, 0.25) is 0 Å². The Morgan fingerprint density at radius 3 is 1.25 bits per heavy atom. The molecule has 0 bridgehead atoms. The number of para-hydroxylation sites is 1. The van der Waals surface area contributed by atoms with Crippen LogP contribution in [0.1, 0.15) is 117 Å². The maximum Gasteiger partial charge on any atom is 0.326 e. The van der Waals surface area contributed by atoms with Crippen LogP contribution in [-0.2, 0) is 109 Å². The van der Waals surface area contributed by atoms with Crippen LogP contribution in [0.5, 0.6) is 0 Å². The maximum atomic E-state index is 14.5. The maximum absolute atomic E-state index is 14.5. The molecule has 0 spiro atoms. The number of nitrogens with one attached hydrogen (secondary N) is 17.